The Morgan fingerprint density at radius 1 is 1.17 bits per heavy atom. The maximum atomic E-state index is 13.0. The van der Waals surface area contributed by atoms with Crippen molar-refractivity contribution in [3.8, 4) is 0 Å². The zero-order valence-electron chi connectivity index (χ0n) is 13.0. The van der Waals surface area contributed by atoms with Crippen LogP contribution in [0.5, 0.6) is 0 Å². The van der Waals surface area contributed by atoms with Crippen molar-refractivity contribution in [3.63, 3.8) is 0 Å². The number of rotatable bonds is 2. The summed E-state index contributed by atoms with van der Waals surface area (Å²) in [4.78, 5) is 25.6. The number of ether oxygens (including phenoxy) is 1. The first-order valence-electron chi connectivity index (χ1n) is 7.94. The van der Waals surface area contributed by atoms with Gasteiger partial charge in [0, 0.05) is 18.5 Å². The van der Waals surface area contributed by atoms with Gasteiger partial charge in [0.25, 0.3) is 0 Å². The lowest BCUT2D eigenvalue weighted by Crippen LogP contribution is -2.41. The molecule has 7 heteroatoms. The molecule has 2 saturated heterocycles. The minimum Gasteiger partial charge on any atom is -0.445 e. The summed E-state index contributed by atoms with van der Waals surface area (Å²) in [6, 6.07) is 7.98. The zero-order chi connectivity index (χ0) is 17.3. The Bertz CT molecular complexity index is 617. The van der Waals surface area contributed by atoms with Gasteiger partial charge in [-0.15, -0.1) is 0 Å². The molecular formula is C17H18F3NO3. The third kappa shape index (κ3) is 3.39. The number of amides is 1. The van der Waals surface area contributed by atoms with Crippen LogP contribution in [-0.4, -0.2) is 35.0 Å². The van der Waals surface area contributed by atoms with Gasteiger partial charge in [0.05, 0.1) is 0 Å². The fraction of sp³-hybridized carbons (Fsp3) is 0.529. The molecule has 3 unspecified atom stereocenters. The lowest BCUT2D eigenvalue weighted by molar-refractivity contribution is -0.183. The van der Waals surface area contributed by atoms with Crippen LogP contribution in [0, 0.1) is 5.92 Å². The lowest BCUT2D eigenvalue weighted by atomic mass is 9.89. The van der Waals surface area contributed by atoms with E-state index in [1.807, 2.05) is 18.2 Å². The summed E-state index contributed by atoms with van der Waals surface area (Å²) in [6.45, 7) is 0.0618. The van der Waals surface area contributed by atoms with Crippen LogP contribution < -0.4 is 0 Å². The fourth-order valence-corrected chi connectivity index (χ4v) is 3.58. The SMILES string of the molecule is O=C1CC2CCC(CC1C(F)(F)F)N2C(=O)OCc1ccccc1. The fourth-order valence-electron chi connectivity index (χ4n) is 3.58. The molecule has 4 nitrogen and oxygen atoms in total. The summed E-state index contributed by atoms with van der Waals surface area (Å²) in [5.41, 5.74) is 0.803. The summed E-state index contributed by atoms with van der Waals surface area (Å²) in [7, 11) is 0. The van der Waals surface area contributed by atoms with Crippen molar-refractivity contribution in [2.75, 3.05) is 0 Å². The Hall–Kier alpha value is -2.05. The van der Waals surface area contributed by atoms with E-state index in [0.29, 0.717) is 12.8 Å². The number of fused-ring (bicyclic) bond motifs is 2. The largest absolute Gasteiger partial charge is 0.445 e. The maximum absolute atomic E-state index is 13.0. The van der Waals surface area contributed by atoms with Gasteiger partial charge in [0.15, 0.2) is 0 Å². The van der Waals surface area contributed by atoms with Crippen molar-refractivity contribution >= 4 is 11.9 Å². The minimum atomic E-state index is -4.55. The van der Waals surface area contributed by atoms with E-state index in [-0.39, 0.29) is 19.4 Å². The molecule has 3 atom stereocenters. The molecule has 0 aliphatic carbocycles. The maximum Gasteiger partial charge on any atom is 0.410 e. The van der Waals surface area contributed by atoms with Gasteiger partial charge in [-0.25, -0.2) is 4.79 Å². The van der Waals surface area contributed by atoms with Crippen LogP contribution in [0.2, 0.25) is 0 Å². The normalized spacial score (nSPS) is 27.0. The van der Waals surface area contributed by atoms with E-state index in [4.69, 9.17) is 4.74 Å². The first kappa shape index (κ1) is 16.8. The molecule has 0 aromatic heterocycles. The van der Waals surface area contributed by atoms with E-state index in [0.717, 1.165) is 5.56 Å². The van der Waals surface area contributed by atoms with E-state index in [1.165, 1.54) is 4.90 Å². The average molecular weight is 341 g/mol. The average Bonchev–Trinajstić information content (AvgIpc) is 2.84. The summed E-state index contributed by atoms with van der Waals surface area (Å²) < 4.78 is 44.4. The summed E-state index contributed by atoms with van der Waals surface area (Å²) in [5.74, 6) is -2.80. The number of carbonyl (C=O) groups is 2. The van der Waals surface area contributed by atoms with Gasteiger partial charge in [-0.2, -0.15) is 13.2 Å². The van der Waals surface area contributed by atoms with Crippen LogP contribution in [0.25, 0.3) is 0 Å². The smallest absolute Gasteiger partial charge is 0.410 e. The number of hydrogen-bond donors (Lipinski definition) is 0. The third-order valence-electron chi connectivity index (χ3n) is 4.76. The molecule has 0 saturated carbocycles. The number of halogens is 3. The topological polar surface area (TPSA) is 46.6 Å². The second-order valence-corrected chi connectivity index (χ2v) is 6.33. The standard InChI is InChI=1S/C17H18F3NO3/c18-17(19,20)14-8-12-6-7-13(9-15(14)22)21(12)16(23)24-10-11-4-2-1-3-5-11/h1-5,12-14H,6-10H2. The number of alkyl halides is 3. The van der Waals surface area contributed by atoms with E-state index < -0.39 is 36.1 Å². The minimum absolute atomic E-state index is 0.0618. The highest BCUT2D eigenvalue weighted by Crippen LogP contribution is 2.41. The van der Waals surface area contributed by atoms with Gasteiger partial charge in [-0.3, -0.25) is 4.79 Å². The summed E-state index contributed by atoms with van der Waals surface area (Å²) >= 11 is 0. The van der Waals surface area contributed by atoms with Crippen LogP contribution in [-0.2, 0) is 16.1 Å². The van der Waals surface area contributed by atoms with E-state index in [2.05, 4.69) is 0 Å². The predicted molar refractivity (Wildman–Crippen MR) is 79.1 cm³/mol. The van der Waals surface area contributed by atoms with E-state index >= 15 is 0 Å². The molecular weight excluding hydrogens is 323 g/mol. The second kappa shape index (κ2) is 6.45. The molecule has 0 radical (unpaired) electrons. The van der Waals surface area contributed by atoms with Gasteiger partial charge in [0.1, 0.15) is 18.3 Å². The molecule has 1 amide bonds. The van der Waals surface area contributed by atoms with Crippen molar-refractivity contribution < 1.29 is 27.5 Å². The van der Waals surface area contributed by atoms with Gasteiger partial charge >= 0.3 is 12.3 Å². The summed E-state index contributed by atoms with van der Waals surface area (Å²) in [5, 5.41) is 0. The third-order valence-corrected chi connectivity index (χ3v) is 4.76. The first-order chi connectivity index (χ1) is 11.4. The van der Waals surface area contributed by atoms with Crippen molar-refractivity contribution in [3.05, 3.63) is 35.9 Å². The molecule has 24 heavy (non-hydrogen) atoms. The number of benzene rings is 1. The quantitative estimate of drug-likeness (QED) is 0.824. The molecule has 2 aliphatic heterocycles. The van der Waals surface area contributed by atoms with Gasteiger partial charge in [-0.05, 0) is 24.8 Å². The highest BCUT2D eigenvalue weighted by molar-refractivity contribution is 5.84. The van der Waals surface area contributed by atoms with Crippen molar-refractivity contribution in [2.45, 2.75) is 50.6 Å². The number of nitrogens with zero attached hydrogens (tertiary/aromatic N) is 1. The van der Waals surface area contributed by atoms with E-state index in [9.17, 15) is 22.8 Å². The Balaban J connectivity index is 1.69. The van der Waals surface area contributed by atoms with Crippen molar-refractivity contribution in [1.82, 2.24) is 4.90 Å². The zero-order valence-corrected chi connectivity index (χ0v) is 13.0. The van der Waals surface area contributed by atoms with Crippen molar-refractivity contribution in [1.29, 1.82) is 0 Å². The second-order valence-electron chi connectivity index (χ2n) is 6.33. The van der Waals surface area contributed by atoms with Crippen LogP contribution in [0.1, 0.15) is 31.2 Å². The Morgan fingerprint density at radius 2 is 1.83 bits per heavy atom. The van der Waals surface area contributed by atoms with Crippen molar-refractivity contribution in [2.24, 2.45) is 5.92 Å². The number of ketones is 1. The van der Waals surface area contributed by atoms with Crippen LogP contribution in [0.4, 0.5) is 18.0 Å². The number of hydrogen-bond acceptors (Lipinski definition) is 3. The van der Waals surface area contributed by atoms with Gasteiger partial charge in [0.2, 0.25) is 0 Å². The molecule has 1 aromatic carbocycles. The van der Waals surface area contributed by atoms with Gasteiger partial charge < -0.3 is 9.64 Å². The summed E-state index contributed by atoms with van der Waals surface area (Å²) in [6.07, 6.45) is -4.78. The monoisotopic (exact) mass is 341 g/mol. The Kier molecular flexibility index (Phi) is 4.51. The highest BCUT2D eigenvalue weighted by Gasteiger charge is 2.52. The lowest BCUT2D eigenvalue weighted by Gasteiger charge is -2.27. The van der Waals surface area contributed by atoms with E-state index in [1.54, 1.807) is 12.1 Å². The predicted octanol–water partition coefficient (Wildman–Crippen LogP) is 3.70. The number of Topliss-reactive ketones (excluding diaryl/α,β-unsaturated/α-hetero) is 1. The molecule has 2 fully saturated rings. The molecule has 2 bridgehead atoms. The molecule has 1 aromatic rings. The molecule has 0 N–H and O–H groups in total. The molecule has 2 aliphatic rings. The first-order valence-corrected chi connectivity index (χ1v) is 7.94. The number of carbonyl (C=O) groups excluding carboxylic acids is 2. The Morgan fingerprint density at radius 3 is 2.50 bits per heavy atom. The van der Waals surface area contributed by atoms with Gasteiger partial charge in [-0.1, -0.05) is 30.3 Å². The molecule has 130 valence electrons. The van der Waals surface area contributed by atoms with Crippen LogP contribution in [0.15, 0.2) is 30.3 Å². The molecule has 3 rings (SSSR count). The molecule has 2 heterocycles. The Labute approximate surface area is 137 Å². The molecule has 0 spiro atoms. The van der Waals surface area contributed by atoms with Crippen LogP contribution in [0.3, 0.4) is 0 Å². The highest BCUT2D eigenvalue weighted by atomic mass is 19.4. The van der Waals surface area contributed by atoms with Crippen LogP contribution >= 0.6 is 0 Å².